The third-order valence-electron chi connectivity index (χ3n) is 3.95. The normalized spacial score (nSPS) is 18.6. The summed E-state index contributed by atoms with van der Waals surface area (Å²) < 4.78 is 0. The first-order valence-electron chi connectivity index (χ1n) is 8.03. The molecule has 1 fully saturated rings. The van der Waals surface area contributed by atoms with Crippen LogP contribution in [-0.2, 0) is 9.59 Å². The number of carbonyl (C=O) groups excluding carboxylic acids is 2. The van der Waals surface area contributed by atoms with Crippen molar-refractivity contribution in [2.75, 3.05) is 11.4 Å². The van der Waals surface area contributed by atoms with Crippen LogP contribution < -0.4 is 10.2 Å². The van der Waals surface area contributed by atoms with Crippen molar-refractivity contribution in [2.24, 2.45) is 5.41 Å². The predicted octanol–water partition coefficient (Wildman–Crippen LogP) is 3.12. The van der Waals surface area contributed by atoms with Gasteiger partial charge in [0.15, 0.2) is 0 Å². The highest BCUT2D eigenvalue weighted by atomic mass is 16.2. The Balaban J connectivity index is 1.93. The van der Waals surface area contributed by atoms with Gasteiger partial charge in [-0.2, -0.15) is 0 Å². The van der Waals surface area contributed by atoms with Gasteiger partial charge < -0.3 is 5.32 Å². The number of anilines is 1. The molecule has 0 radical (unpaired) electrons. The van der Waals surface area contributed by atoms with Crippen LogP contribution in [0.25, 0.3) is 0 Å². The number of nitrogens with one attached hydrogen (secondary N) is 1. The van der Waals surface area contributed by atoms with Crippen LogP contribution in [0.1, 0.15) is 46.5 Å². The molecule has 4 heteroatoms. The Hall–Kier alpha value is -1.84. The van der Waals surface area contributed by atoms with Gasteiger partial charge in [-0.05, 0) is 36.8 Å². The van der Waals surface area contributed by atoms with E-state index in [1.54, 1.807) is 4.90 Å². The molecule has 2 amide bonds. The van der Waals surface area contributed by atoms with Crippen molar-refractivity contribution < 1.29 is 9.59 Å². The fourth-order valence-electron chi connectivity index (χ4n) is 2.79. The summed E-state index contributed by atoms with van der Waals surface area (Å²) in [5.41, 5.74) is 1.09. The van der Waals surface area contributed by atoms with E-state index in [2.05, 4.69) is 26.1 Å². The molecule has 2 rings (SSSR count). The second-order valence-electron chi connectivity index (χ2n) is 7.11. The molecule has 1 aliphatic rings. The number of carbonyl (C=O) groups is 2. The first-order valence-corrected chi connectivity index (χ1v) is 8.03. The second kappa shape index (κ2) is 6.95. The number of hydrogen-bond acceptors (Lipinski definition) is 2. The molecule has 120 valence electrons. The summed E-state index contributed by atoms with van der Waals surface area (Å²) in [5.74, 6) is -0.00958. The summed E-state index contributed by atoms with van der Waals surface area (Å²) >= 11 is 0. The fourth-order valence-corrected chi connectivity index (χ4v) is 2.79. The van der Waals surface area contributed by atoms with E-state index >= 15 is 0 Å². The summed E-state index contributed by atoms with van der Waals surface area (Å²) in [6.45, 7) is 7.26. The highest BCUT2D eigenvalue weighted by Gasteiger charge is 2.36. The van der Waals surface area contributed by atoms with Crippen molar-refractivity contribution in [1.29, 1.82) is 0 Å². The fraction of sp³-hybridized carbons (Fsp3) is 0.556. The minimum atomic E-state index is -0.371. The van der Waals surface area contributed by atoms with Crippen molar-refractivity contribution in [1.82, 2.24) is 5.32 Å². The zero-order valence-electron chi connectivity index (χ0n) is 13.8. The zero-order chi connectivity index (χ0) is 16.2. The van der Waals surface area contributed by atoms with Crippen LogP contribution in [0.4, 0.5) is 5.69 Å². The van der Waals surface area contributed by atoms with Crippen LogP contribution in [0.5, 0.6) is 0 Å². The summed E-state index contributed by atoms with van der Waals surface area (Å²) in [6.07, 6.45) is 3.06. The van der Waals surface area contributed by atoms with E-state index in [1.807, 2.05) is 30.3 Å². The van der Waals surface area contributed by atoms with Crippen LogP contribution in [-0.4, -0.2) is 24.4 Å². The molecule has 1 aliphatic heterocycles. The van der Waals surface area contributed by atoms with E-state index in [9.17, 15) is 9.59 Å². The largest absolute Gasteiger partial charge is 0.354 e. The molecule has 1 aromatic carbocycles. The van der Waals surface area contributed by atoms with E-state index in [-0.39, 0.29) is 23.3 Å². The number of amides is 2. The third-order valence-corrected chi connectivity index (χ3v) is 3.95. The maximum Gasteiger partial charge on any atom is 0.243 e. The van der Waals surface area contributed by atoms with Crippen molar-refractivity contribution in [3.8, 4) is 0 Å². The third kappa shape index (κ3) is 4.33. The molecular weight excluding hydrogens is 276 g/mol. The van der Waals surface area contributed by atoms with Crippen LogP contribution in [0, 0.1) is 5.41 Å². The molecule has 1 saturated heterocycles. The van der Waals surface area contributed by atoms with Crippen LogP contribution >= 0.6 is 0 Å². The minimum absolute atomic E-state index is 0.0287. The quantitative estimate of drug-likeness (QED) is 0.850. The first-order chi connectivity index (χ1) is 10.4. The molecule has 0 spiro atoms. The Morgan fingerprint density at radius 3 is 2.59 bits per heavy atom. The number of rotatable bonds is 5. The lowest BCUT2D eigenvalue weighted by atomic mass is 9.91. The van der Waals surface area contributed by atoms with E-state index in [0.29, 0.717) is 19.4 Å². The van der Waals surface area contributed by atoms with Gasteiger partial charge in [0.2, 0.25) is 11.8 Å². The van der Waals surface area contributed by atoms with Gasteiger partial charge in [-0.25, -0.2) is 0 Å². The molecule has 1 heterocycles. The summed E-state index contributed by atoms with van der Waals surface area (Å²) in [7, 11) is 0. The average molecular weight is 302 g/mol. The molecule has 0 aromatic heterocycles. The lowest BCUT2D eigenvalue weighted by Crippen LogP contribution is -2.45. The van der Waals surface area contributed by atoms with Gasteiger partial charge in [-0.3, -0.25) is 14.5 Å². The molecule has 4 nitrogen and oxygen atoms in total. The molecule has 0 saturated carbocycles. The Bertz CT molecular complexity index is 520. The number of nitrogens with zero attached hydrogens (tertiary/aromatic N) is 1. The van der Waals surface area contributed by atoms with Crippen LogP contribution in [0.15, 0.2) is 30.3 Å². The molecule has 0 bridgehead atoms. The van der Waals surface area contributed by atoms with Crippen molar-refractivity contribution in [3.05, 3.63) is 30.3 Å². The molecule has 1 atom stereocenters. The van der Waals surface area contributed by atoms with E-state index in [1.165, 1.54) is 0 Å². The Labute approximate surface area is 132 Å². The first kappa shape index (κ1) is 16.5. The van der Waals surface area contributed by atoms with E-state index in [0.717, 1.165) is 18.5 Å². The van der Waals surface area contributed by atoms with E-state index < -0.39 is 0 Å². The highest BCUT2D eigenvalue weighted by molar-refractivity contribution is 6.03. The predicted molar refractivity (Wildman–Crippen MR) is 88.6 cm³/mol. The maximum absolute atomic E-state index is 12.4. The van der Waals surface area contributed by atoms with Gasteiger partial charge >= 0.3 is 0 Å². The monoisotopic (exact) mass is 302 g/mol. The van der Waals surface area contributed by atoms with Crippen molar-refractivity contribution in [3.63, 3.8) is 0 Å². The number of para-hydroxylation sites is 1. The SMILES string of the molecule is CC(C)(C)CCCNC(=O)C1CCC(=O)N1c1ccccc1. The Kier molecular flexibility index (Phi) is 5.22. The molecule has 22 heavy (non-hydrogen) atoms. The van der Waals surface area contributed by atoms with Gasteiger partial charge in [0, 0.05) is 18.7 Å². The van der Waals surface area contributed by atoms with Gasteiger partial charge in [-0.15, -0.1) is 0 Å². The molecule has 1 N–H and O–H groups in total. The number of hydrogen-bond donors (Lipinski definition) is 1. The molecule has 1 aromatic rings. The zero-order valence-corrected chi connectivity index (χ0v) is 13.8. The van der Waals surface area contributed by atoms with Gasteiger partial charge in [0.25, 0.3) is 0 Å². The average Bonchev–Trinajstić information content (AvgIpc) is 2.85. The lowest BCUT2D eigenvalue weighted by molar-refractivity contribution is -0.123. The standard InChI is InChI=1S/C18H26N2O2/c1-18(2,3)12-7-13-19-17(22)15-10-11-16(21)20(15)14-8-5-4-6-9-14/h4-6,8-9,15H,7,10-13H2,1-3H3,(H,19,22). The summed E-state index contributed by atoms with van der Waals surface area (Å²) in [6, 6.07) is 9.07. The van der Waals surface area contributed by atoms with Crippen LogP contribution in [0.3, 0.4) is 0 Å². The smallest absolute Gasteiger partial charge is 0.243 e. The second-order valence-corrected chi connectivity index (χ2v) is 7.11. The minimum Gasteiger partial charge on any atom is -0.354 e. The van der Waals surface area contributed by atoms with Gasteiger partial charge in [-0.1, -0.05) is 39.0 Å². The van der Waals surface area contributed by atoms with Crippen LogP contribution in [0.2, 0.25) is 0 Å². The Morgan fingerprint density at radius 1 is 1.27 bits per heavy atom. The lowest BCUT2D eigenvalue weighted by Gasteiger charge is -2.24. The number of benzene rings is 1. The summed E-state index contributed by atoms with van der Waals surface area (Å²) in [4.78, 5) is 26.1. The molecule has 0 aliphatic carbocycles. The van der Waals surface area contributed by atoms with Gasteiger partial charge in [0.05, 0.1) is 0 Å². The van der Waals surface area contributed by atoms with Crippen molar-refractivity contribution >= 4 is 17.5 Å². The highest BCUT2D eigenvalue weighted by Crippen LogP contribution is 2.26. The Morgan fingerprint density at radius 2 is 1.95 bits per heavy atom. The molecular formula is C18H26N2O2. The summed E-state index contributed by atoms with van der Waals surface area (Å²) in [5, 5.41) is 2.98. The van der Waals surface area contributed by atoms with E-state index in [4.69, 9.17) is 0 Å². The topological polar surface area (TPSA) is 49.4 Å². The maximum atomic E-state index is 12.4. The molecule has 1 unspecified atom stereocenters. The van der Waals surface area contributed by atoms with Crippen molar-refractivity contribution in [2.45, 2.75) is 52.5 Å². The van der Waals surface area contributed by atoms with Gasteiger partial charge in [0.1, 0.15) is 6.04 Å².